The predicted octanol–water partition coefficient (Wildman–Crippen LogP) is -1.07. The number of aliphatic carboxylic acids is 1. The van der Waals surface area contributed by atoms with Gasteiger partial charge in [0.25, 0.3) is 0 Å². The van der Waals surface area contributed by atoms with Crippen LogP contribution in [0.1, 0.15) is 58.9 Å². The van der Waals surface area contributed by atoms with Crippen molar-refractivity contribution < 1.29 is 67.3 Å². The van der Waals surface area contributed by atoms with Crippen molar-refractivity contribution in [3.05, 3.63) is 23.8 Å². The molecule has 10 amide bonds. The number of hydrogen-bond donors (Lipinski definition) is 9. The third-order valence-electron chi connectivity index (χ3n) is 8.77. The minimum Gasteiger partial charge on any atom is -0.491 e. The fourth-order valence-corrected chi connectivity index (χ4v) is 6.84. The van der Waals surface area contributed by atoms with Gasteiger partial charge < -0.3 is 62.3 Å². The van der Waals surface area contributed by atoms with Gasteiger partial charge in [-0.3, -0.25) is 38.5 Å². The third-order valence-corrected chi connectivity index (χ3v) is 10.1. The number of ether oxygens (including phenoxy) is 3. The van der Waals surface area contributed by atoms with Crippen LogP contribution >= 0.6 is 11.8 Å². The monoisotopic (exact) mass is 895 g/mol. The number of amides is 10. The number of carboxylic acids is 1. The number of carboxylic acid groups (broad SMARTS) is 1. The molecule has 0 spiro atoms. The Balaban J connectivity index is 1.95. The van der Waals surface area contributed by atoms with E-state index >= 15 is 0 Å². The molecule has 344 valence electrons. The van der Waals surface area contributed by atoms with Gasteiger partial charge in [-0.2, -0.15) is 0 Å². The highest BCUT2D eigenvalue weighted by Crippen LogP contribution is 2.27. The number of nitrogens with two attached hydrogens (primary N) is 1. The number of nitrogens with zero attached hydrogens (tertiary/aromatic N) is 1. The number of likely N-dealkylation sites (tertiary alicyclic amines) is 1. The zero-order chi connectivity index (χ0) is 46.4. The number of thioether (sulfide) groups is 1. The van der Waals surface area contributed by atoms with Crippen molar-refractivity contribution in [2.24, 2.45) is 11.7 Å². The second kappa shape index (κ2) is 26.9. The molecule has 1 unspecified atom stereocenters. The minimum absolute atomic E-state index is 0.0139. The Hall–Kier alpha value is -6.17. The van der Waals surface area contributed by atoms with E-state index in [1.165, 1.54) is 33.0 Å². The van der Waals surface area contributed by atoms with Crippen molar-refractivity contribution in [1.29, 1.82) is 0 Å². The smallest absolute Gasteiger partial charge is 0.407 e. The molecular formula is C38H57N9O14S. The zero-order valence-corrected chi connectivity index (χ0v) is 36.1. The van der Waals surface area contributed by atoms with Crippen LogP contribution in [0.15, 0.2) is 18.2 Å². The van der Waals surface area contributed by atoms with Crippen LogP contribution in [0, 0.1) is 5.92 Å². The number of carbonyl (C=O) groups is 10. The van der Waals surface area contributed by atoms with Crippen LogP contribution in [0.2, 0.25) is 0 Å². The zero-order valence-electron chi connectivity index (χ0n) is 35.3. The molecular weight excluding hydrogens is 839 g/mol. The number of carbonyl (C=O) groups excluding carboxylic acids is 9. The van der Waals surface area contributed by atoms with Crippen molar-refractivity contribution >= 4 is 76.9 Å². The third kappa shape index (κ3) is 19.0. The van der Waals surface area contributed by atoms with E-state index < -0.39 is 82.8 Å². The molecule has 10 N–H and O–H groups in total. The molecule has 0 aliphatic carbocycles. The van der Waals surface area contributed by atoms with Crippen molar-refractivity contribution in [3.8, 4) is 5.75 Å². The first kappa shape index (κ1) is 52.0. The number of hydrogen-bond acceptors (Lipinski definition) is 14. The van der Waals surface area contributed by atoms with Gasteiger partial charge >= 0.3 is 18.1 Å². The van der Waals surface area contributed by atoms with Gasteiger partial charge in [0.15, 0.2) is 0 Å². The van der Waals surface area contributed by atoms with Crippen molar-refractivity contribution in [3.63, 3.8) is 0 Å². The first-order chi connectivity index (χ1) is 29.3. The summed E-state index contributed by atoms with van der Waals surface area (Å²) in [5.74, 6) is -5.13. The van der Waals surface area contributed by atoms with Crippen LogP contribution in [-0.2, 0) is 54.4 Å². The van der Waals surface area contributed by atoms with Gasteiger partial charge in [0, 0.05) is 76.4 Å². The number of rotatable bonds is 27. The Bertz CT molecular complexity index is 1780. The largest absolute Gasteiger partial charge is 0.491 e. The highest BCUT2D eigenvalue weighted by molar-refractivity contribution is 8.00. The SMILES string of the molecule is CNC(=O)OCc1ccc(NC(=O)[C@H](CCCNC(N)=O)NC(=O)[C@@H](NC(C)=O)C(C)C)cc1OCCOCCNC(=O)CCN1C(=O)CC(SC[C@H](NC(C)=O)C(=O)O)C1=O. The average Bonchev–Trinajstić information content (AvgIpc) is 3.47. The maximum atomic E-state index is 13.5. The summed E-state index contributed by atoms with van der Waals surface area (Å²) in [4.78, 5) is 123. The molecule has 0 saturated carbocycles. The van der Waals surface area contributed by atoms with Crippen LogP contribution in [0.4, 0.5) is 15.3 Å². The predicted molar refractivity (Wildman–Crippen MR) is 222 cm³/mol. The maximum Gasteiger partial charge on any atom is 0.407 e. The molecule has 1 fully saturated rings. The summed E-state index contributed by atoms with van der Waals surface area (Å²) >= 11 is 0.942. The molecule has 1 saturated heterocycles. The van der Waals surface area contributed by atoms with Gasteiger partial charge in [0.05, 0.1) is 18.5 Å². The van der Waals surface area contributed by atoms with E-state index in [0.717, 1.165) is 16.7 Å². The Morgan fingerprint density at radius 1 is 0.919 bits per heavy atom. The van der Waals surface area contributed by atoms with Crippen LogP contribution in [-0.4, -0.2) is 145 Å². The summed E-state index contributed by atoms with van der Waals surface area (Å²) in [6.07, 6.45) is -0.667. The van der Waals surface area contributed by atoms with E-state index in [1.807, 2.05) is 0 Å². The summed E-state index contributed by atoms with van der Waals surface area (Å²) in [6, 6.07) is 0.589. The molecule has 23 nitrogen and oxygen atoms in total. The molecule has 1 aromatic carbocycles. The van der Waals surface area contributed by atoms with E-state index in [-0.39, 0.29) is 94.9 Å². The van der Waals surface area contributed by atoms with Crippen molar-refractivity contribution in [2.75, 3.05) is 57.6 Å². The molecule has 0 bridgehead atoms. The number of primary amides is 1. The van der Waals surface area contributed by atoms with Crippen molar-refractivity contribution in [1.82, 2.24) is 36.8 Å². The lowest BCUT2D eigenvalue weighted by molar-refractivity contribution is -0.141. The molecule has 62 heavy (non-hydrogen) atoms. The number of imide groups is 1. The van der Waals surface area contributed by atoms with E-state index in [4.69, 9.17) is 19.9 Å². The molecule has 0 radical (unpaired) electrons. The lowest BCUT2D eigenvalue weighted by Crippen LogP contribution is -2.54. The maximum absolute atomic E-state index is 13.5. The lowest BCUT2D eigenvalue weighted by atomic mass is 10.0. The first-order valence-electron chi connectivity index (χ1n) is 19.6. The van der Waals surface area contributed by atoms with Crippen LogP contribution in [0.3, 0.4) is 0 Å². The van der Waals surface area contributed by atoms with Gasteiger partial charge in [-0.15, -0.1) is 11.8 Å². The Morgan fingerprint density at radius 2 is 1.63 bits per heavy atom. The highest BCUT2D eigenvalue weighted by atomic mass is 32.2. The van der Waals surface area contributed by atoms with Crippen molar-refractivity contribution in [2.45, 2.75) is 83.4 Å². The quantitative estimate of drug-likeness (QED) is 0.0375. The Labute approximate surface area is 362 Å². The Morgan fingerprint density at radius 3 is 2.26 bits per heavy atom. The van der Waals surface area contributed by atoms with Gasteiger partial charge in [0.1, 0.15) is 37.1 Å². The fourth-order valence-electron chi connectivity index (χ4n) is 5.66. The number of alkyl carbamates (subject to hydrolysis) is 1. The standard InChI is InChI=1S/C38H57N9O14S/c1-21(2)32(44-23(4)49)34(53)46-26(7-6-11-42-37(39)57)33(52)45-25-9-8-24(19-61-38(58)40-5)28(17-25)60-16-15-59-14-12-41-30(50)10-13-47-31(51)18-29(35(47)54)62-20-27(36(55)56)43-22(3)48/h8-9,17,21,26-27,29,32H,6-7,10-16,18-20H2,1-5H3,(H,40,58)(H,41,50)(H,43,48)(H,44,49)(H,45,52)(H,46,53)(H,55,56)(H3,39,42,57)/t26-,27-,29?,32-/m0/s1. The normalized spacial score (nSPS) is 14.8. The molecule has 2 rings (SSSR count). The van der Waals surface area contributed by atoms with Gasteiger partial charge in [-0.1, -0.05) is 13.8 Å². The van der Waals surface area contributed by atoms with Gasteiger partial charge in [0.2, 0.25) is 41.4 Å². The summed E-state index contributed by atoms with van der Waals surface area (Å²) < 4.78 is 16.6. The van der Waals surface area contributed by atoms with Gasteiger partial charge in [-0.05, 0) is 30.9 Å². The summed E-state index contributed by atoms with van der Waals surface area (Å²) in [5.41, 5.74) is 5.84. The molecule has 24 heteroatoms. The van der Waals surface area contributed by atoms with Crippen LogP contribution in [0.25, 0.3) is 0 Å². The van der Waals surface area contributed by atoms with E-state index in [9.17, 15) is 53.1 Å². The molecule has 1 heterocycles. The second-order valence-corrected chi connectivity index (χ2v) is 15.4. The second-order valence-electron chi connectivity index (χ2n) is 14.1. The summed E-state index contributed by atoms with van der Waals surface area (Å²) in [7, 11) is 1.39. The highest BCUT2D eigenvalue weighted by Gasteiger charge is 2.39. The molecule has 1 aliphatic rings. The van der Waals surface area contributed by atoms with E-state index in [1.54, 1.807) is 19.9 Å². The fraction of sp³-hybridized carbons (Fsp3) is 0.579. The first-order valence-corrected chi connectivity index (χ1v) is 20.7. The number of urea groups is 1. The topological polar surface area (TPSA) is 332 Å². The van der Waals surface area contributed by atoms with E-state index in [2.05, 4.69) is 37.2 Å². The minimum atomic E-state index is -1.27. The number of anilines is 1. The van der Waals surface area contributed by atoms with Gasteiger partial charge in [-0.25, -0.2) is 14.4 Å². The van der Waals surface area contributed by atoms with E-state index in [0.29, 0.717) is 5.56 Å². The molecule has 4 atom stereocenters. The molecule has 0 aromatic heterocycles. The number of nitrogens with one attached hydrogen (secondary N) is 7. The summed E-state index contributed by atoms with van der Waals surface area (Å²) in [5, 5.41) is 26.1. The number of benzene rings is 1. The lowest BCUT2D eigenvalue weighted by Gasteiger charge is -2.25. The molecule has 1 aromatic rings. The summed E-state index contributed by atoms with van der Waals surface area (Å²) in [6.45, 7) is 5.86. The molecule has 1 aliphatic heterocycles. The average molecular weight is 896 g/mol. The van der Waals surface area contributed by atoms with Crippen LogP contribution < -0.4 is 47.7 Å². The van der Waals surface area contributed by atoms with Crippen LogP contribution in [0.5, 0.6) is 5.75 Å². The Kier molecular flexibility index (Phi) is 22.6.